The first-order chi connectivity index (χ1) is 10.8. The van der Waals surface area contributed by atoms with Crippen LogP contribution in [0.2, 0.25) is 0 Å². The number of nitrogens with zero attached hydrogens (tertiary/aromatic N) is 2. The smallest absolute Gasteiger partial charge is 0.410 e. The number of likely N-dealkylation sites (tertiary alicyclic amines) is 1. The molecule has 1 aromatic rings. The van der Waals surface area contributed by atoms with Gasteiger partial charge in [-0.1, -0.05) is 0 Å². The molecule has 0 bridgehead atoms. The molecule has 5 nitrogen and oxygen atoms in total. The van der Waals surface area contributed by atoms with Crippen molar-refractivity contribution in [2.45, 2.75) is 52.2 Å². The molecule has 23 heavy (non-hydrogen) atoms. The van der Waals surface area contributed by atoms with E-state index in [2.05, 4.69) is 33.2 Å². The normalized spacial score (nSPS) is 20.0. The molecule has 1 N–H and O–H groups in total. The average molecular weight is 384 g/mol. The molecule has 1 aliphatic rings. The van der Waals surface area contributed by atoms with Gasteiger partial charge < -0.3 is 15.0 Å². The van der Waals surface area contributed by atoms with E-state index < -0.39 is 5.60 Å². The van der Waals surface area contributed by atoms with E-state index in [0.717, 1.165) is 36.2 Å². The number of aromatic nitrogens is 1. The van der Waals surface area contributed by atoms with Gasteiger partial charge in [-0.15, -0.1) is 0 Å². The van der Waals surface area contributed by atoms with Gasteiger partial charge >= 0.3 is 6.09 Å². The van der Waals surface area contributed by atoms with Crippen LogP contribution in [-0.2, 0) is 4.74 Å². The highest BCUT2D eigenvalue weighted by atomic mass is 79.9. The van der Waals surface area contributed by atoms with Gasteiger partial charge in [-0.3, -0.25) is 0 Å². The van der Waals surface area contributed by atoms with Gasteiger partial charge in [0.1, 0.15) is 10.2 Å². The van der Waals surface area contributed by atoms with E-state index >= 15 is 0 Å². The van der Waals surface area contributed by atoms with Gasteiger partial charge in [-0.05, 0) is 74.5 Å². The number of amides is 1. The highest BCUT2D eigenvalue weighted by Gasteiger charge is 2.30. The van der Waals surface area contributed by atoms with E-state index in [4.69, 9.17) is 4.74 Å². The van der Waals surface area contributed by atoms with E-state index in [1.54, 1.807) is 6.20 Å². The van der Waals surface area contributed by atoms with Gasteiger partial charge in [0, 0.05) is 25.3 Å². The molecule has 0 saturated carbocycles. The minimum atomic E-state index is -0.450. The van der Waals surface area contributed by atoms with E-state index in [1.807, 2.05) is 37.8 Å². The number of halogens is 1. The fourth-order valence-corrected chi connectivity index (χ4v) is 3.13. The molecule has 1 saturated heterocycles. The number of anilines is 1. The van der Waals surface area contributed by atoms with Gasteiger partial charge in [0.25, 0.3) is 0 Å². The van der Waals surface area contributed by atoms with Gasteiger partial charge in [0.2, 0.25) is 0 Å². The summed E-state index contributed by atoms with van der Waals surface area (Å²) < 4.78 is 6.30. The van der Waals surface area contributed by atoms with E-state index in [9.17, 15) is 4.79 Å². The predicted octanol–water partition coefficient (Wildman–Crippen LogP) is 4.29. The highest BCUT2D eigenvalue weighted by Crippen LogP contribution is 2.26. The minimum absolute atomic E-state index is 0.211. The van der Waals surface area contributed by atoms with Gasteiger partial charge in [-0.25, -0.2) is 9.78 Å². The average Bonchev–Trinajstić information content (AvgIpc) is 2.48. The lowest BCUT2D eigenvalue weighted by Crippen LogP contribution is -2.46. The van der Waals surface area contributed by atoms with Crippen LogP contribution in [-0.4, -0.2) is 40.7 Å². The Bertz CT molecular complexity index is 545. The van der Waals surface area contributed by atoms with Crippen LogP contribution in [0.3, 0.4) is 0 Å². The fourth-order valence-electron chi connectivity index (χ4n) is 2.77. The molecule has 128 valence electrons. The van der Waals surface area contributed by atoms with Crippen molar-refractivity contribution in [3.8, 4) is 0 Å². The molecular weight excluding hydrogens is 358 g/mol. The molecule has 1 amide bonds. The second-order valence-corrected chi connectivity index (χ2v) is 7.85. The van der Waals surface area contributed by atoms with Crippen LogP contribution in [0.25, 0.3) is 0 Å². The minimum Gasteiger partial charge on any atom is -0.444 e. The van der Waals surface area contributed by atoms with Crippen LogP contribution in [0.1, 0.15) is 40.5 Å². The standard InChI is InChI=1S/C17H26BrN3O2/c1-12(20-14-8-5-9-19-15(14)18)13-7-6-10-21(11-13)16(22)23-17(2,3)4/h5,8-9,12-13,20H,6-7,10-11H2,1-4H3. The van der Waals surface area contributed by atoms with E-state index in [0.29, 0.717) is 5.92 Å². The molecule has 0 spiro atoms. The molecule has 2 rings (SSSR count). The van der Waals surface area contributed by atoms with Crippen LogP contribution in [0, 0.1) is 5.92 Å². The Morgan fingerprint density at radius 3 is 2.91 bits per heavy atom. The Labute approximate surface area is 146 Å². The van der Waals surface area contributed by atoms with Gasteiger partial charge in [0.15, 0.2) is 0 Å². The summed E-state index contributed by atoms with van der Waals surface area (Å²) in [5, 5.41) is 3.50. The number of piperidine rings is 1. The Balaban J connectivity index is 1.95. The quantitative estimate of drug-likeness (QED) is 0.790. The monoisotopic (exact) mass is 383 g/mol. The first kappa shape index (κ1) is 18.0. The molecule has 2 unspecified atom stereocenters. The number of ether oxygens (including phenoxy) is 1. The number of rotatable bonds is 3. The number of hydrogen-bond acceptors (Lipinski definition) is 4. The summed E-state index contributed by atoms with van der Waals surface area (Å²) in [7, 11) is 0. The maximum absolute atomic E-state index is 12.3. The zero-order chi connectivity index (χ0) is 17.0. The summed E-state index contributed by atoms with van der Waals surface area (Å²) in [5.74, 6) is 0.392. The largest absolute Gasteiger partial charge is 0.444 e. The van der Waals surface area contributed by atoms with Crippen LogP contribution < -0.4 is 5.32 Å². The maximum atomic E-state index is 12.3. The molecule has 6 heteroatoms. The summed E-state index contributed by atoms with van der Waals surface area (Å²) in [6.07, 6.45) is 3.65. The molecule has 1 aliphatic heterocycles. The number of carbonyl (C=O) groups is 1. The molecule has 2 atom stereocenters. The van der Waals surface area contributed by atoms with Crippen LogP contribution in [0.4, 0.5) is 10.5 Å². The van der Waals surface area contributed by atoms with Crippen molar-refractivity contribution in [1.82, 2.24) is 9.88 Å². The van der Waals surface area contributed by atoms with Crippen molar-refractivity contribution in [2.24, 2.45) is 5.92 Å². The van der Waals surface area contributed by atoms with E-state index in [1.165, 1.54) is 0 Å². The lowest BCUT2D eigenvalue weighted by molar-refractivity contribution is 0.0159. The van der Waals surface area contributed by atoms with Gasteiger partial charge in [-0.2, -0.15) is 0 Å². The molecular formula is C17H26BrN3O2. The third kappa shape index (κ3) is 5.37. The summed E-state index contributed by atoms with van der Waals surface area (Å²) in [4.78, 5) is 18.3. The van der Waals surface area contributed by atoms with Crippen molar-refractivity contribution in [3.05, 3.63) is 22.9 Å². The molecule has 1 aromatic heterocycles. The Morgan fingerprint density at radius 2 is 2.26 bits per heavy atom. The zero-order valence-electron chi connectivity index (χ0n) is 14.3. The highest BCUT2D eigenvalue weighted by molar-refractivity contribution is 9.10. The first-order valence-electron chi connectivity index (χ1n) is 8.11. The topological polar surface area (TPSA) is 54.5 Å². The van der Waals surface area contributed by atoms with Crippen LogP contribution in [0.15, 0.2) is 22.9 Å². The number of pyridine rings is 1. The molecule has 0 aliphatic carbocycles. The lowest BCUT2D eigenvalue weighted by atomic mass is 9.91. The second-order valence-electron chi connectivity index (χ2n) is 7.10. The van der Waals surface area contributed by atoms with Crippen molar-refractivity contribution in [2.75, 3.05) is 18.4 Å². The van der Waals surface area contributed by atoms with Crippen molar-refractivity contribution < 1.29 is 9.53 Å². The maximum Gasteiger partial charge on any atom is 0.410 e. The number of hydrogen-bond donors (Lipinski definition) is 1. The van der Waals surface area contributed by atoms with Crippen molar-refractivity contribution in [1.29, 1.82) is 0 Å². The van der Waals surface area contributed by atoms with Crippen LogP contribution in [0.5, 0.6) is 0 Å². The SMILES string of the molecule is CC(Nc1cccnc1Br)C1CCCN(C(=O)OC(C)(C)C)C1. The molecule has 2 heterocycles. The summed E-state index contributed by atoms with van der Waals surface area (Å²) in [6.45, 7) is 9.35. The molecule has 0 aromatic carbocycles. The van der Waals surface area contributed by atoms with Crippen molar-refractivity contribution in [3.63, 3.8) is 0 Å². The van der Waals surface area contributed by atoms with Crippen LogP contribution >= 0.6 is 15.9 Å². The molecule has 1 fully saturated rings. The third-order valence-electron chi connectivity index (χ3n) is 3.96. The predicted molar refractivity (Wildman–Crippen MR) is 95.6 cm³/mol. The number of nitrogens with one attached hydrogen (secondary N) is 1. The summed E-state index contributed by atoms with van der Waals surface area (Å²) >= 11 is 3.46. The first-order valence-corrected chi connectivity index (χ1v) is 8.90. The lowest BCUT2D eigenvalue weighted by Gasteiger charge is -2.37. The Morgan fingerprint density at radius 1 is 1.52 bits per heavy atom. The Hall–Kier alpha value is -1.30. The van der Waals surface area contributed by atoms with E-state index in [-0.39, 0.29) is 12.1 Å². The summed E-state index contributed by atoms with van der Waals surface area (Å²) in [5.41, 5.74) is 0.531. The second kappa shape index (κ2) is 7.51. The third-order valence-corrected chi connectivity index (χ3v) is 4.59. The Kier molecular flexibility index (Phi) is 5.89. The van der Waals surface area contributed by atoms with Crippen molar-refractivity contribution >= 4 is 27.7 Å². The van der Waals surface area contributed by atoms with Gasteiger partial charge in [0.05, 0.1) is 5.69 Å². The number of carbonyl (C=O) groups excluding carboxylic acids is 1. The summed E-state index contributed by atoms with van der Waals surface area (Å²) in [6, 6.07) is 4.16. The molecule has 0 radical (unpaired) electrons. The fraction of sp³-hybridized carbons (Fsp3) is 0.647. The zero-order valence-corrected chi connectivity index (χ0v) is 15.9.